The van der Waals surface area contributed by atoms with Crippen LogP contribution >= 0.6 is 0 Å². The fourth-order valence-corrected chi connectivity index (χ4v) is 3.15. The number of anilines is 1. The summed E-state index contributed by atoms with van der Waals surface area (Å²) >= 11 is 0. The first-order valence-electron chi connectivity index (χ1n) is 7.31. The number of carbonyl (C=O) groups is 1. The number of hydrogen-bond acceptors (Lipinski definition) is 4. The number of rotatable bonds is 6. The van der Waals surface area contributed by atoms with Gasteiger partial charge in [-0.05, 0) is 49.7 Å². The van der Waals surface area contributed by atoms with Crippen molar-refractivity contribution in [1.82, 2.24) is 0 Å². The molecule has 2 aromatic carbocycles. The minimum Gasteiger partial charge on any atom is -0.458 e. The molecule has 0 fully saturated rings. The van der Waals surface area contributed by atoms with Gasteiger partial charge in [-0.15, -0.1) is 0 Å². The fourth-order valence-electron chi connectivity index (χ4n) is 2.11. The van der Waals surface area contributed by atoms with Crippen LogP contribution in [0.2, 0.25) is 0 Å². The highest BCUT2D eigenvalue weighted by Crippen LogP contribution is 2.20. The smallest absolute Gasteiger partial charge is 0.338 e. The molecule has 0 aliphatic heterocycles. The van der Waals surface area contributed by atoms with Crippen LogP contribution in [-0.2, 0) is 14.8 Å². The van der Waals surface area contributed by atoms with Crippen molar-refractivity contribution in [2.24, 2.45) is 0 Å². The van der Waals surface area contributed by atoms with E-state index in [1.54, 1.807) is 31.2 Å². The minimum absolute atomic E-state index is 0.0944. The third kappa shape index (κ3) is 4.45. The van der Waals surface area contributed by atoms with Gasteiger partial charge >= 0.3 is 5.97 Å². The second-order valence-corrected chi connectivity index (χ2v) is 7.08. The van der Waals surface area contributed by atoms with Crippen molar-refractivity contribution in [3.8, 4) is 0 Å². The number of carbonyl (C=O) groups excluding carboxylic acids is 1. The fraction of sp³-hybridized carbons (Fsp3) is 0.167. The molecular weight excluding hydrogens is 326 g/mol. The number of ether oxygens (including phenoxy) is 1. The van der Waals surface area contributed by atoms with Gasteiger partial charge in [-0.2, -0.15) is 0 Å². The van der Waals surface area contributed by atoms with Gasteiger partial charge < -0.3 is 4.74 Å². The summed E-state index contributed by atoms with van der Waals surface area (Å²) in [5.41, 5.74) is 2.29. The molecule has 0 saturated carbocycles. The topological polar surface area (TPSA) is 72.5 Å². The van der Waals surface area contributed by atoms with Crippen LogP contribution in [0.15, 0.2) is 60.0 Å². The van der Waals surface area contributed by atoms with Crippen molar-refractivity contribution in [2.75, 3.05) is 11.3 Å². The zero-order valence-electron chi connectivity index (χ0n) is 13.6. The van der Waals surface area contributed by atoms with E-state index < -0.39 is 16.0 Å². The summed E-state index contributed by atoms with van der Waals surface area (Å²) in [6.07, 6.45) is 1.47. The van der Waals surface area contributed by atoms with E-state index in [0.29, 0.717) is 5.69 Å². The lowest BCUT2D eigenvalue weighted by molar-refractivity contribution is 0.0549. The average molecular weight is 345 g/mol. The maximum atomic E-state index is 12.4. The quantitative estimate of drug-likeness (QED) is 0.643. The first-order valence-corrected chi connectivity index (χ1v) is 8.79. The standard InChI is InChI=1S/C18H19NO4S/c1-4-9-23-18(20)15-10-14(3)11-16(12-15)19-24(21,22)17-7-5-13(2)6-8-17/h4-8,10-12,19H,1,9H2,2-3H3. The molecule has 0 amide bonds. The molecule has 0 atom stereocenters. The Kier molecular flexibility index (Phi) is 5.41. The van der Waals surface area contributed by atoms with E-state index in [9.17, 15) is 13.2 Å². The Bertz CT molecular complexity index is 855. The average Bonchev–Trinajstić information content (AvgIpc) is 2.52. The number of nitrogens with one attached hydrogen (secondary N) is 1. The van der Waals surface area contributed by atoms with E-state index in [0.717, 1.165) is 11.1 Å². The summed E-state index contributed by atoms with van der Waals surface area (Å²) in [5.74, 6) is -0.533. The molecule has 2 aromatic rings. The van der Waals surface area contributed by atoms with E-state index in [4.69, 9.17) is 4.74 Å². The van der Waals surface area contributed by atoms with Gasteiger partial charge in [-0.1, -0.05) is 30.4 Å². The molecule has 0 aromatic heterocycles. The molecule has 1 N–H and O–H groups in total. The molecule has 126 valence electrons. The highest BCUT2D eigenvalue weighted by molar-refractivity contribution is 7.92. The van der Waals surface area contributed by atoms with E-state index in [2.05, 4.69) is 11.3 Å². The van der Waals surface area contributed by atoms with Gasteiger partial charge in [0.15, 0.2) is 0 Å². The summed E-state index contributed by atoms with van der Waals surface area (Å²) in [5, 5.41) is 0. The van der Waals surface area contributed by atoms with E-state index in [1.807, 2.05) is 6.92 Å². The molecule has 0 radical (unpaired) electrons. The van der Waals surface area contributed by atoms with Gasteiger partial charge in [0.25, 0.3) is 10.0 Å². The summed E-state index contributed by atoms with van der Waals surface area (Å²) < 4.78 is 32.3. The predicted molar refractivity (Wildman–Crippen MR) is 93.6 cm³/mol. The summed E-state index contributed by atoms with van der Waals surface area (Å²) in [7, 11) is -3.72. The lowest BCUT2D eigenvalue weighted by Gasteiger charge is -2.11. The van der Waals surface area contributed by atoms with Crippen LogP contribution in [0.4, 0.5) is 5.69 Å². The third-order valence-electron chi connectivity index (χ3n) is 3.23. The van der Waals surface area contributed by atoms with E-state index >= 15 is 0 Å². The Morgan fingerprint density at radius 3 is 2.42 bits per heavy atom. The van der Waals surface area contributed by atoms with E-state index in [1.165, 1.54) is 24.3 Å². The highest BCUT2D eigenvalue weighted by Gasteiger charge is 2.16. The maximum absolute atomic E-state index is 12.4. The minimum atomic E-state index is -3.72. The van der Waals surface area contributed by atoms with Crippen LogP contribution in [0.5, 0.6) is 0 Å². The van der Waals surface area contributed by atoms with Crippen LogP contribution in [0.3, 0.4) is 0 Å². The SMILES string of the molecule is C=CCOC(=O)c1cc(C)cc(NS(=O)(=O)c2ccc(C)cc2)c1. The lowest BCUT2D eigenvalue weighted by atomic mass is 10.1. The molecule has 2 rings (SSSR count). The molecule has 5 nitrogen and oxygen atoms in total. The number of sulfonamides is 1. The zero-order chi connectivity index (χ0) is 17.7. The second kappa shape index (κ2) is 7.31. The molecule has 0 saturated heterocycles. The molecule has 24 heavy (non-hydrogen) atoms. The molecule has 0 unspecified atom stereocenters. The first kappa shape index (κ1) is 17.7. The van der Waals surface area contributed by atoms with Gasteiger partial charge in [0.05, 0.1) is 10.5 Å². The van der Waals surface area contributed by atoms with Crippen molar-refractivity contribution in [3.05, 3.63) is 71.8 Å². The van der Waals surface area contributed by atoms with Crippen molar-refractivity contribution >= 4 is 21.7 Å². The molecule has 0 bridgehead atoms. The van der Waals surface area contributed by atoms with Crippen molar-refractivity contribution < 1.29 is 17.9 Å². The Morgan fingerprint density at radius 1 is 1.12 bits per heavy atom. The van der Waals surface area contributed by atoms with Gasteiger partial charge in [-0.25, -0.2) is 13.2 Å². The Morgan fingerprint density at radius 2 is 1.79 bits per heavy atom. The molecular formula is C18H19NO4S. The predicted octanol–water partition coefficient (Wildman–Crippen LogP) is 3.45. The van der Waals surface area contributed by atoms with Crippen LogP contribution in [0.25, 0.3) is 0 Å². The first-order chi connectivity index (χ1) is 11.3. The molecule has 0 spiro atoms. The molecule has 0 aliphatic carbocycles. The second-order valence-electron chi connectivity index (χ2n) is 5.39. The third-order valence-corrected chi connectivity index (χ3v) is 4.63. The van der Waals surface area contributed by atoms with Crippen LogP contribution in [-0.4, -0.2) is 21.0 Å². The lowest BCUT2D eigenvalue weighted by Crippen LogP contribution is -2.14. The van der Waals surface area contributed by atoms with Gasteiger partial charge in [0.1, 0.15) is 6.61 Å². The van der Waals surface area contributed by atoms with Gasteiger partial charge in [0, 0.05) is 5.69 Å². The van der Waals surface area contributed by atoms with Crippen molar-refractivity contribution in [1.29, 1.82) is 0 Å². The Labute approximate surface area is 142 Å². The van der Waals surface area contributed by atoms with E-state index in [-0.39, 0.29) is 17.1 Å². The normalized spacial score (nSPS) is 10.9. The van der Waals surface area contributed by atoms with Crippen LogP contribution < -0.4 is 4.72 Å². The zero-order valence-corrected chi connectivity index (χ0v) is 14.4. The Balaban J connectivity index is 2.29. The largest absolute Gasteiger partial charge is 0.458 e. The van der Waals surface area contributed by atoms with Crippen molar-refractivity contribution in [2.45, 2.75) is 18.7 Å². The van der Waals surface area contributed by atoms with Gasteiger partial charge in [-0.3, -0.25) is 4.72 Å². The number of benzene rings is 2. The highest BCUT2D eigenvalue weighted by atomic mass is 32.2. The molecule has 0 heterocycles. The van der Waals surface area contributed by atoms with Crippen LogP contribution in [0, 0.1) is 13.8 Å². The summed E-state index contributed by atoms with van der Waals surface area (Å²) in [4.78, 5) is 12.1. The number of aryl methyl sites for hydroxylation is 2. The summed E-state index contributed by atoms with van der Waals surface area (Å²) in [6, 6.07) is 11.3. The maximum Gasteiger partial charge on any atom is 0.338 e. The van der Waals surface area contributed by atoms with Gasteiger partial charge in [0.2, 0.25) is 0 Å². The van der Waals surface area contributed by atoms with Crippen LogP contribution in [0.1, 0.15) is 21.5 Å². The monoisotopic (exact) mass is 345 g/mol. The van der Waals surface area contributed by atoms with Crippen molar-refractivity contribution in [3.63, 3.8) is 0 Å². The number of esters is 1. The number of hydrogen-bond donors (Lipinski definition) is 1. The molecule has 6 heteroatoms. The molecule has 0 aliphatic rings. The summed E-state index contributed by atoms with van der Waals surface area (Å²) in [6.45, 7) is 7.23. The Hall–Kier alpha value is -2.60.